The smallest absolute Gasteiger partial charge is 0.0448 e. The molecule has 0 fully saturated rings. The van der Waals surface area contributed by atoms with Crippen LogP contribution in [0, 0.1) is 0 Å². The van der Waals surface area contributed by atoms with Crippen molar-refractivity contribution in [2.75, 3.05) is 17.2 Å². The monoisotopic (exact) mass is 294 g/mol. The fourth-order valence-electron chi connectivity index (χ4n) is 2.29. The van der Waals surface area contributed by atoms with E-state index in [0.717, 1.165) is 17.9 Å². The van der Waals surface area contributed by atoms with E-state index < -0.39 is 0 Å². The number of anilines is 3. The first kappa shape index (κ1) is 13.7. The van der Waals surface area contributed by atoms with Gasteiger partial charge in [-0.1, -0.05) is 24.3 Å². The van der Waals surface area contributed by atoms with Crippen molar-refractivity contribution >= 4 is 28.4 Å². The van der Waals surface area contributed by atoms with Gasteiger partial charge in [0.2, 0.25) is 0 Å². The summed E-state index contributed by atoms with van der Waals surface area (Å²) < 4.78 is 0. The molecule has 0 bridgehead atoms. The summed E-state index contributed by atoms with van der Waals surface area (Å²) >= 11 is 1.77. The molecule has 106 valence electrons. The van der Waals surface area contributed by atoms with Crippen molar-refractivity contribution in [3.63, 3.8) is 0 Å². The first-order chi connectivity index (χ1) is 10.4. The largest absolute Gasteiger partial charge is 0.385 e. The Labute approximate surface area is 129 Å². The lowest BCUT2D eigenvalue weighted by Crippen LogP contribution is -1.99. The van der Waals surface area contributed by atoms with Crippen LogP contribution in [-0.4, -0.2) is 6.54 Å². The summed E-state index contributed by atoms with van der Waals surface area (Å²) in [5.41, 5.74) is 4.62. The Hall–Kier alpha value is -2.26. The SMILES string of the molecule is CCNc1cc(Nc2ccccc2)ccc1-c1cccs1. The van der Waals surface area contributed by atoms with Gasteiger partial charge in [0, 0.05) is 34.0 Å². The Morgan fingerprint density at radius 3 is 2.48 bits per heavy atom. The van der Waals surface area contributed by atoms with Crippen molar-refractivity contribution < 1.29 is 0 Å². The van der Waals surface area contributed by atoms with Gasteiger partial charge >= 0.3 is 0 Å². The maximum Gasteiger partial charge on any atom is 0.0448 e. The molecule has 0 atom stereocenters. The number of hydrogen-bond donors (Lipinski definition) is 2. The van der Waals surface area contributed by atoms with Gasteiger partial charge in [0.05, 0.1) is 0 Å². The van der Waals surface area contributed by atoms with Gasteiger partial charge in [-0.25, -0.2) is 0 Å². The average Bonchev–Trinajstić information content (AvgIpc) is 3.03. The second kappa shape index (κ2) is 6.46. The molecular weight excluding hydrogens is 276 g/mol. The predicted octanol–water partition coefficient (Wildman–Crippen LogP) is 5.59. The van der Waals surface area contributed by atoms with E-state index in [9.17, 15) is 0 Å². The van der Waals surface area contributed by atoms with Crippen LogP contribution < -0.4 is 10.6 Å². The zero-order valence-corrected chi connectivity index (χ0v) is 12.8. The zero-order chi connectivity index (χ0) is 14.5. The van der Waals surface area contributed by atoms with E-state index in [1.165, 1.54) is 16.1 Å². The van der Waals surface area contributed by atoms with Gasteiger partial charge < -0.3 is 10.6 Å². The fourth-order valence-corrected chi connectivity index (χ4v) is 3.06. The topological polar surface area (TPSA) is 24.1 Å². The molecule has 0 aliphatic rings. The maximum absolute atomic E-state index is 3.46. The number of thiophene rings is 1. The van der Waals surface area contributed by atoms with E-state index in [2.05, 4.69) is 65.4 Å². The summed E-state index contributed by atoms with van der Waals surface area (Å²) in [5, 5.41) is 9.01. The predicted molar refractivity (Wildman–Crippen MR) is 93.6 cm³/mol. The zero-order valence-electron chi connectivity index (χ0n) is 12.0. The summed E-state index contributed by atoms with van der Waals surface area (Å²) in [6.45, 7) is 3.03. The minimum absolute atomic E-state index is 0.910. The second-order valence-electron chi connectivity index (χ2n) is 4.76. The molecule has 0 aliphatic heterocycles. The minimum Gasteiger partial charge on any atom is -0.385 e. The van der Waals surface area contributed by atoms with E-state index in [-0.39, 0.29) is 0 Å². The van der Waals surface area contributed by atoms with Gasteiger partial charge in [-0.2, -0.15) is 0 Å². The number of nitrogens with one attached hydrogen (secondary N) is 2. The number of para-hydroxylation sites is 1. The molecule has 21 heavy (non-hydrogen) atoms. The molecule has 1 heterocycles. The van der Waals surface area contributed by atoms with Gasteiger partial charge in [0.1, 0.15) is 0 Å². The standard InChI is InChI=1S/C18H18N2S/c1-2-19-17-13-15(20-14-7-4-3-5-8-14)10-11-16(17)18-9-6-12-21-18/h3-13,19-20H,2H2,1H3. The molecule has 1 aromatic heterocycles. The Kier molecular flexibility index (Phi) is 4.22. The molecule has 0 amide bonds. The molecule has 2 N–H and O–H groups in total. The molecule has 0 saturated carbocycles. The third-order valence-electron chi connectivity index (χ3n) is 3.24. The van der Waals surface area contributed by atoms with Crippen LogP contribution in [0.2, 0.25) is 0 Å². The highest BCUT2D eigenvalue weighted by molar-refractivity contribution is 7.13. The van der Waals surface area contributed by atoms with Crippen molar-refractivity contribution in [1.29, 1.82) is 0 Å². The summed E-state index contributed by atoms with van der Waals surface area (Å²) in [6.07, 6.45) is 0. The molecule has 0 radical (unpaired) electrons. The maximum atomic E-state index is 3.46. The van der Waals surface area contributed by atoms with Crippen molar-refractivity contribution in [1.82, 2.24) is 0 Å². The van der Waals surface area contributed by atoms with Gasteiger partial charge in [0.15, 0.2) is 0 Å². The van der Waals surface area contributed by atoms with Crippen molar-refractivity contribution in [3.05, 3.63) is 66.0 Å². The highest BCUT2D eigenvalue weighted by atomic mass is 32.1. The van der Waals surface area contributed by atoms with Gasteiger partial charge in [-0.05, 0) is 48.7 Å². The molecule has 0 aliphatic carbocycles. The first-order valence-corrected chi connectivity index (χ1v) is 7.98. The molecule has 0 saturated heterocycles. The quantitative estimate of drug-likeness (QED) is 0.641. The number of benzene rings is 2. The van der Waals surface area contributed by atoms with Crippen LogP contribution in [0.3, 0.4) is 0 Å². The molecule has 2 aromatic carbocycles. The summed E-state index contributed by atoms with van der Waals surface area (Å²) in [4.78, 5) is 1.29. The van der Waals surface area contributed by atoms with Crippen LogP contribution in [0.5, 0.6) is 0 Å². The molecule has 2 nitrogen and oxygen atoms in total. The molecule has 3 rings (SSSR count). The van der Waals surface area contributed by atoms with Crippen LogP contribution in [0.15, 0.2) is 66.0 Å². The Balaban J connectivity index is 1.92. The minimum atomic E-state index is 0.910. The lowest BCUT2D eigenvalue weighted by molar-refractivity contribution is 1.21. The summed E-state index contributed by atoms with van der Waals surface area (Å²) in [6, 6.07) is 21.0. The Morgan fingerprint density at radius 2 is 1.76 bits per heavy atom. The summed E-state index contributed by atoms with van der Waals surface area (Å²) in [7, 11) is 0. The molecule has 3 heteroatoms. The van der Waals surface area contributed by atoms with Crippen LogP contribution in [0.4, 0.5) is 17.1 Å². The van der Waals surface area contributed by atoms with Crippen molar-refractivity contribution in [3.8, 4) is 10.4 Å². The van der Waals surface area contributed by atoms with E-state index >= 15 is 0 Å². The van der Waals surface area contributed by atoms with E-state index in [1.54, 1.807) is 11.3 Å². The van der Waals surface area contributed by atoms with Crippen LogP contribution >= 0.6 is 11.3 Å². The third kappa shape index (κ3) is 3.26. The van der Waals surface area contributed by atoms with E-state index in [1.807, 2.05) is 18.2 Å². The highest BCUT2D eigenvalue weighted by Gasteiger charge is 2.07. The second-order valence-corrected chi connectivity index (χ2v) is 5.71. The van der Waals surface area contributed by atoms with Crippen LogP contribution in [-0.2, 0) is 0 Å². The fraction of sp³-hybridized carbons (Fsp3) is 0.111. The number of hydrogen-bond acceptors (Lipinski definition) is 3. The third-order valence-corrected chi connectivity index (χ3v) is 4.14. The lowest BCUT2D eigenvalue weighted by atomic mass is 10.1. The Morgan fingerprint density at radius 1 is 0.905 bits per heavy atom. The molecule has 0 unspecified atom stereocenters. The van der Waals surface area contributed by atoms with Crippen molar-refractivity contribution in [2.24, 2.45) is 0 Å². The van der Waals surface area contributed by atoms with Gasteiger partial charge in [-0.15, -0.1) is 11.3 Å². The molecule has 3 aromatic rings. The van der Waals surface area contributed by atoms with Crippen LogP contribution in [0.1, 0.15) is 6.92 Å². The van der Waals surface area contributed by atoms with Crippen molar-refractivity contribution in [2.45, 2.75) is 6.92 Å². The van der Waals surface area contributed by atoms with Gasteiger partial charge in [0.25, 0.3) is 0 Å². The molecule has 0 spiro atoms. The van der Waals surface area contributed by atoms with Gasteiger partial charge in [-0.3, -0.25) is 0 Å². The average molecular weight is 294 g/mol. The van der Waals surface area contributed by atoms with E-state index in [4.69, 9.17) is 0 Å². The normalized spacial score (nSPS) is 10.3. The van der Waals surface area contributed by atoms with E-state index in [0.29, 0.717) is 0 Å². The number of rotatable bonds is 5. The summed E-state index contributed by atoms with van der Waals surface area (Å²) in [5.74, 6) is 0. The molecular formula is C18H18N2S. The lowest BCUT2D eigenvalue weighted by Gasteiger charge is -2.13. The Bertz CT molecular complexity index is 691. The first-order valence-electron chi connectivity index (χ1n) is 7.10. The van der Waals surface area contributed by atoms with Crippen LogP contribution in [0.25, 0.3) is 10.4 Å². The highest BCUT2D eigenvalue weighted by Crippen LogP contribution is 2.34.